The van der Waals surface area contributed by atoms with Gasteiger partial charge in [0.2, 0.25) is 5.91 Å². The van der Waals surface area contributed by atoms with E-state index < -0.39 is 0 Å². The number of carbonyl (C=O) groups is 1. The lowest BCUT2D eigenvalue weighted by molar-refractivity contribution is -0.131. The maximum Gasteiger partial charge on any atom is 0.321 e. The van der Waals surface area contributed by atoms with Gasteiger partial charge in [0.25, 0.3) is 0 Å². The quantitative estimate of drug-likeness (QED) is 0.906. The van der Waals surface area contributed by atoms with E-state index in [9.17, 15) is 4.79 Å². The van der Waals surface area contributed by atoms with Crippen LogP contribution in [0.25, 0.3) is 0 Å². The van der Waals surface area contributed by atoms with Gasteiger partial charge in [-0.1, -0.05) is 19.0 Å². The Labute approximate surface area is 113 Å². The molecule has 1 unspecified atom stereocenters. The van der Waals surface area contributed by atoms with Crippen LogP contribution in [-0.2, 0) is 4.79 Å². The highest BCUT2D eigenvalue weighted by Crippen LogP contribution is 2.24. The summed E-state index contributed by atoms with van der Waals surface area (Å²) in [6, 6.07) is 0.435. The average molecular weight is 266 g/mol. The zero-order valence-corrected chi connectivity index (χ0v) is 12.2. The van der Waals surface area contributed by atoms with E-state index in [1.165, 1.54) is 0 Å². The molecular weight excluding hydrogens is 244 g/mol. The first kappa shape index (κ1) is 13.8. The monoisotopic (exact) mass is 266 g/mol. The van der Waals surface area contributed by atoms with Crippen LogP contribution < -0.4 is 5.32 Å². The van der Waals surface area contributed by atoms with Gasteiger partial charge in [-0.15, -0.1) is 0 Å². The molecule has 1 saturated heterocycles. The lowest BCUT2D eigenvalue weighted by Gasteiger charge is -2.31. The number of rotatable bonds is 3. The van der Waals surface area contributed by atoms with Crippen molar-refractivity contribution in [3.63, 3.8) is 0 Å². The molecule has 1 N–H and O–H groups in total. The van der Waals surface area contributed by atoms with Crippen LogP contribution in [0, 0.1) is 0 Å². The predicted molar refractivity (Wildman–Crippen MR) is 71.9 cm³/mol. The molecule has 1 aliphatic heterocycles. The SMILES string of the molecule is CC(C)c1noc(NC2CC(=O)N(C(C)(C)C)C2)n1. The molecule has 1 atom stereocenters. The van der Waals surface area contributed by atoms with Crippen molar-refractivity contribution < 1.29 is 9.32 Å². The van der Waals surface area contributed by atoms with Gasteiger partial charge in [-0.05, 0) is 20.8 Å². The van der Waals surface area contributed by atoms with E-state index in [4.69, 9.17) is 4.52 Å². The highest BCUT2D eigenvalue weighted by molar-refractivity contribution is 5.80. The molecule has 0 aliphatic carbocycles. The number of hydrogen-bond acceptors (Lipinski definition) is 5. The molecule has 1 fully saturated rings. The summed E-state index contributed by atoms with van der Waals surface area (Å²) in [5.41, 5.74) is -0.147. The summed E-state index contributed by atoms with van der Waals surface area (Å²) >= 11 is 0. The molecule has 2 rings (SSSR count). The molecule has 2 heterocycles. The van der Waals surface area contributed by atoms with Crippen LogP contribution in [0.1, 0.15) is 52.8 Å². The molecule has 19 heavy (non-hydrogen) atoms. The van der Waals surface area contributed by atoms with Crippen molar-refractivity contribution in [3.05, 3.63) is 5.82 Å². The molecule has 106 valence electrons. The van der Waals surface area contributed by atoms with Gasteiger partial charge in [0.05, 0.1) is 6.04 Å². The molecule has 6 heteroatoms. The van der Waals surface area contributed by atoms with Crippen molar-refractivity contribution in [2.75, 3.05) is 11.9 Å². The van der Waals surface area contributed by atoms with Crippen LogP contribution in [0.5, 0.6) is 0 Å². The van der Waals surface area contributed by atoms with Crippen LogP contribution in [-0.4, -0.2) is 39.1 Å². The summed E-state index contributed by atoms with van der Waals surface area (Å²) < 4.78 is 5.14. The number of aromatic nitrogens is 2. The number of anilines is 1. The van der Waals surface area contributed by atoms with E-state index in [0.717, 1.165) is 0 Å². The number of likely N-dealkylation sites (tertiary alicyclic amines) is 1. The van der Waals surface area contributed by atoms with Gasteiger partial charge in [0.1, 0.15) is 0 Å². The van der Waals surface area contributed by atoms with E-state index in [2.05, 4.69) is 15.5 Å². The summed E-state index contributed by atoms with van der Waals surface area (Å²) in [5.74, 6) is 1.07. The second-order valence-electron chi connectivity index (χ2n) is 6.33. The molecule has 0 saturated carbocycles. The lowest BCUT2D eigenvalue weighted by Crippen LogP contribution is -2.43. The Kier molecular flexibility index (Phi) is 3.52. The van der Waals surface area contributed by atoms with Crippen molar-refractivity contribution in [3.8, 4) is 0 Å². The Bertz CT molecular complexity index is 461. The molecule has 0 bridgehead atoms. The zero-order valence-electron chi connectivity index (χ0n) is 12.2. The third kappa shape index (κ3) is 3.05. The normalized spacial score (nSPS) is 20.4. The van der Waals surface area contributed by atoms with Crippen molar-refractivity contribution in [1.29, 1.82) is 0 Å². The number of carbonyl (C=O) groups excluding carboxylic acids is 1. The van der Waals surface area contributed by atoms with E-state index in [0.29, 0.717) is 24.8 Å². The first-order valence-electron chi connectivity index (χ1n) is 6.68. The van der Waals surface area contributed by atoms with Crippen LogP contribution in [0.15, 0.2) is 4.52 Å². The fourth-order valence-electron chi connectivity index (χ4n) is 2.15. The lowest BCUT2D eigenvalue weighted by atomic mass is 10.1. The average Bonchev–Trinajstić information content (AvgIpc) is 2.85. The van der Waals surface area contributed by atoms with Crippen molar-refractivity contribution in [2.24, 2.45) is 0 Å². The van der Waals surface area contributed by atoms with E-state index in [-0.39, 0.29) is 23.4 Å². The fraction of sp³-hybridized carbons (Fsp3) is 0.769. The van der Waals surface area contributed by atoms with Crippen LogP contribution in [0.3, 0.4) is 0 Å². The number of hydrogen-bond donors (Lipinski definition) is 1. The highest BCUT2D eigenvalue weighted by Gasteiger charge is 2.36. The Hall–Kier alpha value is -1.59. The van der Waals surface area contributed by atoms with Gasteiger partial charge in [-0.3, -0.25) is 4.79 Å². The zero-order chi connectivity index (χ0) is 14.2. The van der Waals surface area contributed by atoms with Crippen molar-refractivity contribution in [2.45, 2.75) is 58.5 Å². The van der Waals surface area contributed by atoms with Gasteiger partial charge in [0, 0.05) is 24.4 Å². The molecule has 1 amide bonds. The smallest absolute Gasteiger partial charge is 0.321 e. The maximum absolute atomic E-state index is 12.0. The van der Waals surface area contributed by atoms with Gasteiger partial charge in [-0.2, -0.15) is 4.98 Å². The van der Waals surface area contributed by atoms with Crippen LogP contribution in [0.4, 0.5) is 6.01 Å². The molecule has 1 aromatic rings. The minimum absolute atomic E-state index is 0.0344. The second-order valence-corrected chi connectivity index (χ2v) is 6.33. The first-order valence-corrected chi connectivity index (χ1v) is 6.68. The van der Waals surface area contributed by atoms with Gasteiger partial charge >= 0.3 is 6.01 Å². The van der Waals surface area contributed by atoms with Gasteiger partial charge < -0.3 is 14.7 Å². The second kappa shape index (κ2) is 4.83. The first-order chi connectivity index (χ1) is 8.77. The summed E-state index contributed by atoms with van der Waals surface area (Å²) in [6.07, 6.45) is 0.469. The molecule has 0 aromatic carbocycles. The third-order valence-electron chi connectivity index (χ3n) is 3.22. The predicted octanol–water partition coefficient (Wildman–Crippen LogP) is 2.00. The molecule has 0 radical (unpaired) electrons. The molecule has 1 aromatic heterocycles. The molecule has 1 aliphatic rings. The Balaban J connectivity index is 1.99. The number of amides is 1. The van der Waals surface area contributed by atoms with Crippen LogP contribution in [0.2, 0.25) is 0 Å². The Morgan fingerprint density at radius 3 is 2.58 bits per heavy atom. The van der Waals surface area contributed by atoms with Gasteiger partial charge in [-0.25, -0.2) is 0 Å². The minimum atomic E-state index is -0.147. The topological polar surface area (TPSA) is 71.3 Å². The van der Waals surface area contributed by atoms with Crippen molar-refractivity contribution in [1.82, 2.24) is 15.0 Å². The summed E-state index contributed by atoms with van der Waals surface area (Å²) in [4.78, 5) is 18.1. The summed E-state index contributed by atoms with van der Waals surface area (Å²) in [5, 5.41) is 7.04. The fourth-order valence-corrected chi connectivity index (χ4v) is 2.15. The summed E-state index contributed by atoms with van der Waals surface area (Å²) in [6.45, 7) is 10.8. The Morgan fingerprint density at radius 1 is 1.42 bits per heavy atom. The minimum Gasteiger partial charge on any atom is -0.336 e. The van der Waals surface area contributed by atoms with E-state index >= 15 is 0 Å². The van der Waals surface area contributed by atoms with Gasteiger partial charge in [0.15, 0.2) is 5.82 Å². The van der Waals surface area contributed by atoms with E-state index in [1.54, 1.807) is 0 Å². The third-order valence-corrected chi connectivity index (χ3v) is 3.22. The van der Waals surface area contributed by atoms with Crippen molar-refractivity contribution >= 4 is 11.9 Å². The van der Waals surface area contributed by atoms with Crippen LogP contribution >= 0.6 is 0 Å². The highest BCUT2D eigenvalue weighted by atomic mass is 16.5. The molecular formula is C13H22N4O2. The number of nitrogens with one attached hydrogen (secondary N) is 1. The molecule has 6 nitrogen and oxygen atoms in total. The summed E-state index contributed by atoms with van der Waals surface area (Å²) in [7, 11) is 0. The standard InChI is InChI=1S/C13H22N4O2/c1-8(2)11-15-12(19-16-11)14-9-6-10(18)17(7-9)13(3,4)5/h8-9H,6-7H2,1-5H3,(H,14,15,16). The largest absolute Gasteiger partial charge is 0.336 e. The Morgan fingerprint density at radius 2 is 2.11 bits per heavy atom. The maximum atomic E-state index is 12.0. The van der Waals surface area contributed by atoms with E-state index in [1.807, 2.05) is 39.5 Å². The number of nitrogens with zero attached hydrogens (tertiary/aromatic N) is 3. The molecule has 0 spiro atoms.